The van der Waals surface area contributed by atoms with Crippen molar-refractivity contribution < 1.29 is 104 Å². The first-order chi connectivity index (χ1) is 4.00. The molecule has 0 amide bonds. The molecule has 0 saturated heterocycles. The predicted octanol–water partition coefficient (Wildman–Crippen LogP) is -4.65. The van der Waals surface area contributed by atoms with Crippen molar-refractivity contribution in [1.29, 1.82) is 0 Å². The first-order valence-electron chi connectivity index (χ1n) is 1.38. The molecule has 0 unspecified atom stereocenters. The molecule has 0 aliphatic rings. The van der Waals surface area contributed by atoms with Gasteiger partial charge in [-0.15, -0.1) is 0 Å². The summed E-state index contributed by atoms with van der Waals surface area (Å²) in [5, 5.41) is 0. The van der Waals surface area contributed by atoms with Crippen molar-refractivity contribution in [3.05, 3.63) is 0 Å². The third kappa shape index (κ3) is 389. The Labute approximate surface area is 122 Å². The maximum absolute atomic E-state index is 8.74. The molecule has 0 atom stereocenters. The van der Waals surface area contributed by atoms with E-state index in [9.17, 15) is 0 Å². The van der Waals surface area contributed by atoms with E-state index in [4.69, 9.17) is 35.0 Å². The molecule has 0 aliphatic carbocycles. The van der Waals surface area contributed by atoms with E-state index in [1.807, 2.05) is 0 Å². The van der Waals surface area contributed by atoms with Gasteiger partial charge in [-0.3, -0.25) is 13.7 Å². The maximum atomic E-state index is 8.74. The fourth-order valence-electron chi connectivity index (χ4n) is 0. The monoisotopic (exact) mass is 286 g/mol. The Morgan fingerprint density at radius 3 is 0.917 bits per heavy atom. The normalized spacial score (nSPS) is 9.67. The van der Waals surface area contributed by atoms with Crippen LogP contribution in [0.3, 0.4) is 0 Å². The van der Waals surface area contributed by atoms with Crippen LogP contribution in [-0.2, 0) is 38.2 Å². The molecule has 0 aromatic carbocycles. The number of hydrogen-bond donors (Lipinski definition) is 3. The van der Waals surface area contributed by atoms with Gasteiger partial charge in [-0.05, 0) is 0 Å². The zero-order valence-electron chi connectivity index (χ0n) is 5.61. The molecule has 8 nitrogen and oxygen atoms in total. The Bertz CT molecular complexity index is 213. The van der Waals surface area contributed by atoms with E-state index < -0.39 is 20.8 Å². The molecule has 0 aliphatic heterocycles. The van der Waals surface area contributed by atoms with Gasteiger partial charge in [-0.1, -0.05) is 0 Å². The molecule has 0 heterocycles. The Hall–Kier alpha value is 1.91. The summed E-state index contributed by atoms with van der Waals surface area (Å²) < 4.78 is 64.4. The molecule has 0 aromatic rings. The van der Waals surface area contributed by atoms with Gasteiger partial charge in [0.15, 0.2) is 0 Å². The van der Waals surface area contributed by atoms with Gasteiger partial charge in [-0.25, -0.2) is 8.42 Å². The summed E-state index contributed by atoms with van der Waals surface area (Å²) in [6, 6.07) is 0. The van der Waals surface area contributed by atoms with Crippen molar-refractivity contribution in [3.63, 3.8) is 0 Å². The number of hydrogen-bond acceptors (Lipinski definition) is 5. The van der Waals surface area contributed by atoms with Gasteiger partial charge in [0.25, 0.3) is 0 Å². The minimum Gasteiger partial charge on any atom is -0.726 e. The first-order valence-corrected chi connectivity index (χ1v) is 4.14. The largest absolute Gasteiger partial charge is 1.00 e. The van der Waals surface area contributed by atoms with Crippen molar-refractivity contribution >= 4 is 20.8 Å². The Kier molecular flexibility index (Phi) is 18.6. The van der Waals surface area contributed by atoms with E-state index in [1.165, 1.54) is 0 Å². The summed E-state index contributed by atoms with van der Waals surface area (Å²) in [6.45, 7) is 0. The van der Waals surface area contributed by atoms with Crippen LogP contribution in [0.2, 0.25) is 0 Å². The van der Waals surface area contributed by atoms with Crippen molar-refractivity contribution in [3.8, 4) is 0 Å². The molecule has 0 aromatic heterocycles. The fraction of sp³-hybridized carbons (Fsp3) is 0. The van der Waals surface area contributed by atoms with Crippen LogP contribution in [-0.4, -0.2) is 35.0 Å². The third-order valence-corrected chi connectivity index (χ3v) is 0. The summed E-state index contributed by atoms with van der Waals surface area (Å²) >= 11 is 0. The summed E-state index contributed by atoms with van der Waals surface area (Å²) in [5.41, 5.74) is 0. The SMILES string of the molecule is O=S(=O)(O)O.O=S(=O)([O-])O.[Cr].[K+]. The molecular formula is H3CrKO8S2. The van der Waals surface area contributed by atoms with Crippen LogP contribution in [0.15, 0.2) is 0 Å². The second-order valence-corrected chi connectivity index (χ2v) is 2.63. The Morgan fingerprint density at radius 1 is 0.917 bits per heavy atom. The zero-order valence-corrected chi connectivity index (χ0v) is 11.6. The smallest absolute Gasteiger partial charge is 0.726 e. The Balaban J connectivity index is -0.0000000457. The molecule has 0 fully saturated rings. The van der Waals surface area contributed by atoms with Gasteiger partial charge in [0.05, 0.1) is 0 Å². The fourth-order valence-corrected chi connectivity index (χ4v) is 0. The van der Waals surface area contributed by atoms with Crippen LogP contribution < -0.4 is 51.4 Å². The second-order valence-electron chi connectivity index (χ2n) is 0.876. The van der Waals surface area contributed by atoms with Gasteiger partial charge >= 0.3 is 61.8 Å². The van der Waals surface area contributed by atoms with Crippen LogP contribution in [0.25, 0.3) is 0 Å². The van der Waals surface area contributed by atoms with Crippen LogP contribution in [0, 0.1) is 0 Å². The molecular weight excluding hydrogens is 283 g/mol. The average Bonchev–Trinajstić information content (AvgIpc) is 1.12. The summed E-state index contributed by atoms with van der Waals surface area (Å²) in [6.07, 6.45) is 0. The minimum atomic E-state index is -4.92. The second kappa shape index (κ2) is 9.46. The van der Waals surface area contributed by atoms with E-state index in [-0.39, 0.29) is 68.7 Å². The molecule has 0 spiro atoms. The molecule has 0 radical (unpaired) electrons. The first kappa shape index (κ1) is 23.6. The summed E-state index contributed by atoms with van der Waals surface area (Å²) in [5.74, 6) is 0. The summed E-state index contributed by atoms with van der Waals surface area (Å²) in [7, 11) is -9.58. The summed E-state index contributed by atoms with van der Waals surface area (Å²) in [4.78, 5) is 0. The van der Waals surface area contributed by atoms with Gasteiger partial charge < -0.3 is 4.55 Å². The molecule has 12 heavy (non-hydrogen) atoms. The van der Waals surface area contributed by atoms with Crippen molar-refractivity contribution in [2.75, 3.05) is 0 Å². The maximum Gasteiger partial charge on any atom is 1.00 e. The molecule has 70 valence electrons. The number of rotatable bonds is 0. The van der Waals surface area contributed by atoms with E-state index in [0.29, 0.717) is 0 Å². The molecule has 12 heteroatoms. The van der Waals surface area contributed by atoms with Gasteiger partial charge in [0, 0.05) is 17.4 Å². The standard InChI is InChI=1S/Cr.K.2H2O4S/c;;2*1-5(2,3)4/h;;2*(H2,1,2,3,4)/q;+1;;/p-1. The van der Waals surface area contributed by atoms with Gasteiger partial charge in [-0.2, -0.15) is 8.42 Å². The zero-order chi connectivity index (χ0) is 9.00. The van der Waals surface area contributed by atoms with Crippen LogP contribution in [0.4, 0.5) is 0 Å². The van der Waals surface area contributed by atoms with Crippen LogP contribution in [0.5, 0.6) is 0 Å². The predicted molar refractivity (Wildman–Crippen MR) is 26.5 cm³/mol. The van der Waals surface area contributed by atoms with E-state index in [1.54, 1.807) is 0 Å². The van der Waals surface area contributed by atoms with E-state index in [2.05, 4.69) is 0 Å². The molecule has 0 rings (SSSR count). The third-order valence-electron chi connectivity index (χ3n) is 0. The average molecular weight is 286 g/mol. The Morgan fingerprint density at radius 2 is 0.917 bits per heavy atom. The van der Waals surface area contributed by atoms with Crippen LogP contribution in [0.1, 0.15) is 0 Å². The minimum absolute atomic E-state index is 0. The molecule has 0 bridgehead atoms. The topological polar surface area (TPSA) is 152 Å². The van der Waals surface area contributed by atoms with E-state index >= 15 is 0 Å². The van der Waals surface area contributed by atoms with Crippen LogP contribution >= 0.6 is 0 Å². The van der Waals surface area contributed by atoms with Crippen molar-refractivity contribution in [2.24, 2.45) is 0 Å². The quantitative estimate of drug-likeness (QED) is 0.228. The molecule has 3 N–H and O–H groups in total. The molecule has 0 saturated carbocycles. The van der Waals surface area contributed by atoms with Gasteiger partial charge in [0.2, 0.25) is 10.4 Å². The van der Waals surface area contributed by atoms with Crippen molar-refractivity contribution in [1.82, 2.24) is 0 Å². The van der Waals surface area contributed by atoms with Gasteiger partial charge in [0.1, 0.15) is 0 Å². The van der Waals surface area contributed by atoms with E-state index in [0.717, 1.165) is 0 Å². The van der Waals surface area contributed by atoms with Crippen molar-refractivity contribution in [2.45, 2.75) is 0 Å².